The molecule has 5 nitrogen and oxygen atoms in total. The second-order valence-corrected chi connectivity index (χ2v) is 11.4. The van der Waals surface area contributed by atoms with Crippen LogP contribution >= 0.6 is 0 Å². The Bertz CT molecular complexity index is 1180. The molecule has 7 heteroatoms. The zero-order valence-corrected chi connectivity index (χ0v) is 25.7. The quantitative estimate of drug-likeness (QED) is 0.190. The van der Waals surface area contributed by atoms with Gasteiger partial charge in [0, 0.05) is 73.7 Å². The maximum absolute atomic E-state index is 12.6. The average Bonchev–Trinajstić information content (AvgIpc) is 2.94. The molecule has 224 valence electrons. The van der Waals surface area contributed by atoms with Crippen molar-refractivity contribution in [1.82, 2.24) is 4.90 Å². The number of hydrogen-bond acceptors (Lipinski definition) is 5. The van der Waals surface area contributed by atoms with E-state index >= 15 is 0 Å². The van der Waals surface area contributed by atoms with E-state index in [0.29, 0.717) is 28.3 Å². The van der Waals surface area contributed by atoms with E-state index in [1.54, 1.807) is 30.5 Å². The van der Waals surface area contributed by atoms with Crippen LogP contribution in [0.25, 0.3) is 11.1 Å². The van der Waals surface area contributed by atoms with Crippen LogP contribution in [0.2, 0.25) is 0 Å². The highest BCUT2D eigenvalue weighted by Gasteiger charge is 2.22. The lowest BCUT2D eigenvalue weighted by molar-refractivity contribution is 0.149. The lowest BCUT2D eigenvalue weighted by atomic mass is 9.94. The number of alkyl halides is 2. The van der Waals surface area contributed by atoms with E-state index in [0.717, 1.165) is 60.6 Å². The van der Waals surface area contributed by atoms with Crippen LogP contribution in [0.15, 0.2) is 72.5 Å². The Morgan fingerprint density at radius 3 is 2.27 bits per heavy atom. The number of nitrogens with one attached hydrogen (secondary N) is 2. The molecule has 1 fully saturated rings. The Kier molecular flexibility index (Phi) is 13.3. The van der Waals surface area contributed by atoms with Gasteiger partial charge < -0.3 is 21.3 Å². The first kappa shape index (κ1) is 33.8. The van der Waals surface area contributed by atoms with Crippen molar-refractivity contribution < 1.29 is 8.78 Å². The number of aliphatic imine (C=N–C) groups is 1. The molecule has 0 spiro atoms. The van der Waals surface area contributed by atoms with Gasteiger partial charge in [-0.25, -0.2) is 8.78 Å². The lowest BCUT2D eigenvalue weighted by Crippen LogP contribution is -2.40. The molecule has 1 heterocycles. The number of hydrogen-bond donors (Lipinski definition) is 3. The van der Waals surface area contributed by atoms with Crippen LogP contribution in [0.5, 0.6) is 0 Å². The van der Waals surface area contributed by atoms with Gasteiger partial charge >= 0.3 is 0 Å². The van der Waals surface area contributed by atoms with Gasteiger partial charge in [0.05, 0.1) is 6.04 Å². The molecule has 0 unspecified atom stereocenters. The fraction of sp³-hybridized carbons (Fsp3) is 0.441. The van der Waals surface area contributed by atoms with Crippen LogP contribution in [0.4, 0.5) is 20.2 Å². The molecule has 3 rings (SSSR count). The third-order valence-electron chi connectivity index (χ3n) is 6.81. The molecule has 1 aliphatic rings. The summed E-state index contributed by atoms with van der Waals surface area (Å²) in [5, 5.41) is 6.46. The van der Waals surface area contributed by atoms with Crippen molar-refractivity contribution in [2.24, 2.45) is 16.1 Å². The van der Waals surface area contributed by atoms with Crippen LogP contribution in [-0.4, -0.2) is 50.3 Å². The van der Waals surface area contributed by atoms with Gasteiger partial charge in [-0.2, -0.15) is 0 Å². The van der Waals surface area contributed by atoms with Crippen LogP contribution in [0, 0.1) is 5.41 Å². The number of rotatable bonds is 11. The Morgan fingerprint density at radius 1 is 1.10 bits per heavy atom. The first-order valence-corrected chi connectivity index (χ1v) is 14.5. The number of likely N-dealkylation sites (tertiary alicyclic amines) is 1. The third kappa shape index (κ3) is 10.8. The van der Waals surface area contributed by atoms with E-state index in [9.17, 15) is 8.78 Å². The highest BCUT2D eigenvalue weighted by Crippen LogP contribution is 2.31. The molecule has 0 bridgehead atoms. The summed E-state index contributed by atoms with van der Waals surface area (Å²) in [5.41, 5.74) is 12.6. The highest BCUT2D eigenvalue weighted by atomic mass is 19.3. The van der Waals surface area contributed by atoms with E-state index in [-0.39, 0.29) is 6.42 Å². The van der Waals surface area contributed by atoms with Gasteiger partial charge in [0.15, 0.2) is 0 Å². The van der Waals surface area contributed by atoms with E-state index in [1.165, 1.54) is 0 Å². The van der Waals surface area contributed by atoms with Crippen molar-refractivity contribution in [3.63, 3.8) is 0 Å². The number of nitrogens with zero attached hydrogens (tertiary/aromatic N) is 2. The molecule has 4 N–H and O–H groups in total. The second-order valence-electron chi connectivity index (χ2n) is 11.4. The zero-order chi connectivity index (χ0) is 30.6. The molecule has 2 aromatic rings. The van der Waals surface area contributed by atoms with Crippen LogP contribution in [-0.2, 0) is 6.42 Å². The fourth-order valence-corrected chi connectivity index (χ4v) is 4.80. The van der Waals surface area contributed by atoms with Crippen LogP contribution in [0.1, 0.15) is 64.2 Å². The minimum atomic E-state index is -2.37. The van der Waals surface area contributed by atoms with Gasteiger partial charge in [-0.1, -0.05) is 66.0 Å². The number of piperidine rings is 1. The normalized spacial score (nSPS) is 15.0. The molecule has 0 radical (unpaired) electrons. The van der Waals surface area contributed by atoms with Crippen molar-refractivity contribution in [3.05, 3.63) is 84.2 Å². The number of anilines is 2. The van der Waals surface area contributed by atoms with Crippen LogP contribution < -0.4 is 16.4 Å². The minimum absolute atomic E-state index is 0.261. The van der Waals surface area contributed by atoms with E-state index in [4.69, 9.17) is 10.7 Å². The summed E-state index contributed by atoms with van der Waals surface area (Å²) < 4.78 is 25.3. The van der Waals surface area contributed by atoms with Crippen molar-refractivity contribution in [1.29, 1.82) is 0 Å². The van der Waals surface area contributed by atoms with E-state index in [1.807, 2.05) is 45.3 Å². The topological polar surface area (TPSA) is 65.7 Å². The molecule has 2 aromatic carbocycles. The second kappa shape index (κ2) is 16.1. The number of benzene rings is 2. The standard InChI is InChI=1S/C32H43F2N5.C2H6/c1-22(23(2)38-28-10-7-24(8-11-28)17-31(33)34)29-18-25(9-12-30(29)36-6)26(19-35)20-37-27-13-15-39(16-14-27)21-32(3,4)5;1-2/h7-12,18-20,27,31,36,38H,1-2,13-17,21,35H2,3-6H3;1-2H3/b26-19+,37-20?;. The SMILES string of the molecule is C=C(Nc1ccc(CC(F)F)cc1)C(=C)c1cc(/C(C=NC2CCN(CC(C)(C)C)CC2)=C/N)ccc1NC.CC. The molecule has 1 saturated heterocycles. The minimum Gasteiger partial charge on any atom is -0.404 e. The summed E-state index contributed by atoms with van der Waals surface area (Å²) in [7, 11) is 1.86. The number of allylic oxidation sites excluding steroid dienone is 2. The van der Waals surface area contributed by atoms with Gasteiger partial charge in [-0.15, -0.1) is 0 Å². The highest BCUT2D eigenvalue weighted by molar-refractivity contribution is 6.10. The molecule has 0 aliphatic carbocycles. The average molecular weight is 566 g/mol. The Morgan fingerprint density at radius 2 is 1.73 bits per heavy atom. The van der Waals surface area contributed by atoms with Crippen LogP contribution in [0.3, 0.4) is 0 Å². The van der Waals surface area contributed by atoms with Crippen molar-refractivity contribution in [3.8, 4) is 0 Å². The predicted molar refractivity (Wildman–Crippen MR) is 175 cm³/mol. The zero-order valence-electron chi connectivity index (χ0n) is 25.7. The van der Waals surface area contributed by atoms with Crippen molar-refractivity contribution in [2.75, 3.05) is 37.3 Å². The maximum atomic E-state index is 12.6. The molecule has 0 saturated carbocycles. The summed E-state index contributed by atoms with van der Waals surface area (Å²) >= 11 is 0. The van der Waals surface area contributed by atoms with Crippen molar-refractivity contribution in [2.45, 2.75) is 66.3 Å². The maximum Gasteiger partial charge on any atom is 0.242 e. The summed E-state index contributed by atoms with van der Waals surface area (Å²) in [6, 6.07) is 13.2. The first-order chi connectivity index (χ1) is 19.5. The molecule has 0 amide bonds. The molecular weight excluding hydrogens is 516 g/mol. The molecular formula is C34H49F2N5. The van der Waals surface area contributed by atoms with Gasteiger partial charge in [0.25, 0.3) is 0 Å². The summed E-state index contributed by atoms with van der Waals surface area (Å²) in [6.07, 6.45) is 2.93. The smallest absolute Gasteiger partial charge is 0.242 e. The summed E-state index contributed by atoms with van der Waals surface area (Å²) in [6.45, 7) is 22.5. The molecule has 0 aromatic heterocycles. The van der Waals surface area contributed by atoms with E-state index in [2.05, 4.69) is 49.5 Å². The third-order valence-corrected chi connectivity index (χ3v) is 6.81. The van der Waals surface area contributed by atoms with Gasteiger partial charge in [-0.3, -0.25) is 4.99 Å². The van der Waals surface area contributed by atoms with Gasteiger partial charge in [0.2, 0.25) is 6.43 Å². The van der Waals surface area contributed by atoms with Crippen molar-refractivity contribution >= 4 is 28.7 Å². The summed E-state index contributed by atoms with van der Waals surface area (Å²) in [4.78, 5) is 7.41. The lowest BCUT2D eigenvalue weighted by Gasteiger charge is -2.34. The molecule has 0 atom stereocenters. The predicted octanol–water partition coefficient (Wildman–Crippen LogP) is 8.08. The Hall–Kier alpha value is -3.45. The van der Waals surface area contributed by atoms with Gasteiger partial charge in [-0.05, 0) is 59.2 Å². The molecule has 1 aliphatic heterocycles. The molecule has 41 heavy (non-hydrogen) atoms. The monoisotopic (exact) mass is 565 g/mol. The van der Waals surface area contributed by atoms with E-state index < -0.39 is 6.43 Å². The first-order valence-electron chi connectivity index (χ1n) is 14.5. The Labute approximate surface area is 246 Å². The largest absolute Gasteiger partial charge is 0.404 e. The number of halogens is 2. The number of nitrogens with two attached hydrogens (primary N) is 1. The summed E-state index contributed by atoms with van der Waals surface area (Å²) in [5.74, 6) is 0. The van der Waals surface area contributed by atoms with Gasteiger partial charge in [0.1, 0.15) is 0 Å². The fourth-order valence-electron chi connectivity index (χ4n) is 4.80. The Balaban J connectivity index is 0.00000287.